The van der Waals surface area contributed by atoms with Gasteiger partial charge in [-0.3, -0.25) is 14.8 Å². The summed E-state index contributed by atoms with van der Waals surface area (Å²) in [5.41, 5.74) is 5.54. The van der Waals surface area contributed by atoms with E-state index in [1.165, 1.54) is 18.5 Å². The van der Waals surface area contributed by atoms with Gasteiger partial charge >= 0.3 is 0 Å². The van der Waals surface area contributed by atoms with Crippen molar-refractivity contribution in [2.75, 3.05) is 13.1 Å². The first kappa shape index (κ1) is 16.1. The van der Waals surface area contributed by atoms with Gasteiger partial charge in [0.1, 0.15) is 0 Å². The largest absolute Gasteiger partial charge is 0.357 e. The Labute approximate surface area is 147 Å². The van der Waals surface area contributed by atoms with E-state index in [9.17, 15) is 4.79 Å². The van der Waals surface area contributed by atoms with Crippen molar-refractivity contribution in [2.24, 2.45) is 0 Å². The molecule has 25 heavy (non-hydrogen) atoms. The molecule has 1 atom stereocenters. The Morgan fingerprint density at radius 1 is 1.28 bits per heavy atom. The molecule has 0 saturated carbocycles. The molecule has 1 aromatic carbocycles. The zero-order valence-corrected chi connectivity index (χ0v) is 14.8. The number of fused-ring (bicyclic) bond motifs is 1. The number of H-pyrrole nitrogens is 2. The molecule has 2 aromatic heterocycles. The zero-order chi connectivity index (χ0) is 17.4. The van der Waals surface area contributed by atoms with Crippen LogP contribution in [-0.2, 0) is 6.54 Å². The SMILES string of the molecule is Cc1cc(C)c2[nH]c(CN3CCC[C@H](c4ccn[nH]4)C3)cc(=O)c2c1. The third-order valence-corrected chi connectivity index (χ3v) is 5.20. The van der Waals surface area contributed by atoms with Gasteiger partial charge in [-0.15, -0.1) is 0 Å². The Kier molecular flexibility index (Phi) is 4.17. The second kappa shape index (κ2) is 6.48. The maximum atomic E-state index is 12.5. The summed E-state index contributed by atoms with van der Waals surface area (Å²) in [7, 11) is 0. The lowest BCUT2D eigenvalue weighted by molar-refractivity contribution is 0.196. The monoisotopic (exact) mass is 336 g/mol. The van der Waals surface area contributed by atoms with Crippen LogP contribution in [0.5, 0.6) is 0 Å². The molecule has 3 aromatic rings. The lowest BCUT2D eigenvalue weighted by Gasteiger charge is -2.32. The molecule has 0 bridgehead atoms. The molecule has 0 unspecified atom stereocenters. The second-order valence-corrected chi connectivity index (χ2v) is 7.25. The van der Waals surface area contributed by atoms with Crippen LogP contribution in [0.4, 0.5) is 0 Å². The van der Waals surface area contributed by atoms with E-state index in [-0.39, 0.29) is 5.43 Å². The number of pyridine rings is 1. The summed E-state index contributed by atoms with van der Waals surface area (Å²) >= 11 is 0. The summed E-state index contributed by atoms with van der Waals surface area (Å²) in [6, 6.07) is 7.93. The Morgan fingerprint density at radius 2 is 2.16 bits per heavy atom. The summed E-state index contributed by atoms with van der Waals surface area (Å²) < 4.78 is 0. The van der Waals surface area contributed by atoms with Gasteiger partial charge in [0.2, 0.25) is 0 Å². The minimum atomic E-state index is 0.109. The van der Waals surface area contributed by atoms with Crippen LogP contribution >= 0.6 is 0 Å². The van der Waals surface area contributed by atoms with Crippen LogP contribution in [-0.4, -0.2) is 33.2 Å². The number of nitrogens with zero attached hydrogens (tertiary/aromatic N) is 2. The van der Waals surface area contributed by atoms with Crippen molar-refractivity contribution >= 4 is 10.9 Å². The van der Waals surface area contributed by atoms with Gasteiger partial charge in [0, 0.05) is 48.0 Å². The molecule has 0 aliphatic carbocycles. The first-order valence-electron chi connectivity index (χ1n) is 8.95. The maximum absolute atomic E-state index is 12.5. The van der Waals surface area contributed by atoms with Crippen LogP contribution in [0.3, 0.4) is 0 Å². The van der Waals surface area contributed by atoms with Crippen molar-refractivity contribution in [2.45, 2.75) is 39.2 Å². The topological polar surface area (TPSA) is 64.8 Å². The predicted octanol–water partition coefficient (Wildman–Crippen LogP) is 3.25. The number of aromatic amines is 2. The van der Waals surface area contributed by atoms with E-state index in [1.54, 1.807) is 6.07 Å². The van der Waals surface area contributed by atoms with Gasteiger partial charge in [-0.1, -0.05) is 6.07 Å². The second-order valence-electron chi connectivity index (χ2n) is 7.25. The molecular weight excluding hydrogens is 312 g/mol. The van der Waals surface area contributed by atoms with Crippen molar-refractivity contribution < 1.29 is 0 Å². The number of likely N-dealkylation sites (tertiary alicyclic amines) is 1. The van der Waals surface area contributed by atoms with Crippen molar-refractivity contribution in [1.82, 2.24) is 20.1 Å². The summed E-state index contributed by atoms with van der Waals surface area (Å²) in [6.45, 7) is 6.93. The van der Waals surface area contributed by atoms with Crippen LogP contribution in [0, 0.1) is 13.8 Å². The van der Waals surface area contributed by atoms with E-state index >= 15 is 0 Å². The highest BCUT2D eigenvalue weighted by Crippen LogP contribution is 2.26. The fourth-order valence-corrected chi connectivity index (χ4v) is 4.03. The highest BCUT2D eigenvalue weighted by molar-refractivity contribution is 5.82. The van der Waals surface area contributed by atoms with Crippen LogP contribution in [0.15, 0.2) is 35.3 Å². The Hall–Kier alpha value is -2.40. The number of benzene rings is 1. The van der Waals surface area contributed by atoms with E-state index in [0.29, 0.717) is 5.92 Å². The highest BCUT2D eigenvalue weighted by atomic mass is 16.1. The van der Waals surface area contributed by atoms with Crippen LogP contribution in [0.1, 0.15) is 41.3 Å². The van der Waals surface area contributed by atoms with Crippen molar-refractivity contribution in [1.29, 1.82) is 0 Å². The number of hydrogen-bond acceptors (Lipinski definition) is 3. The Balaban J connectivity index is 1.59. The summed E-state index contributed by atoms with van der Waals surface area (Å²) in [5.74, 6) is 0.493. The van der Waals surface area contributed by atoms with Gasteiger partial charge in [-0.05, 0) is 56.5 Å². The van der Waals surface area contributed by atoms with E-state index in [1.807, 2.05) is 19.2 Å². The van der Waals surface area contributed by atoms with Crippen molar-refractivity contribution in [3.63, 3.8) is 0 Å². The fraction of sp³-hybridized carbons (Fsp3) is 0.400. The van der Waals surface area contributed by atoms with Gasteiger partial charge in [0.05, 0.1) is 5.52 Å². The lowest BCUT2D eigenvalue weighted by atomic mass is 9.95. The molecule has 1 aliphatic rings. The molecule has 4 rings (SSSR count). The number of hydrogen-bond donors (Lipinski definition) is 2. The quantitative estimate of drug-likeness (QED) is 0.772. The van der Waals surface area contributed by atoms with Crippen molar-refractivity contribution in [3.05, 3.63) is 63.2 Å². The van der Waals surface area contributed by atoms with Gasteiger partial charge in [0.25, 0.3) is 0 Å². The average Bonchev–Trinajstić information content (AvgIpc) is 3.11. The molecular formula is C20H24N4O. The number of rotatable bonds is 3. The third-order valence-electron chi connectivity index (χ3n) is 5.20. The third kappa shape index (κ3) is 3.24. The summed E-state index contributed by atoms with van der Waals surface area (Å²) in [4.78, 5) is 18.5. The molecule has 0 radical (unpaired) electrons. The molecule has 2 N–H and O–H groups in total. The maximum Gasteiger partial charge on any atom is 0.189 e. The summed E-state index contributed by atoms with van der Waals surface area (Å²) in [6.07, 6.45) is 4.17. The fourth-order valence-electron chi connectivity index (χ4n) is 4.03. The van der Waals surface area contributed by atoms with Gasteiger partial charge in [-0.2, -0.15) is 5.10 Å². The first-order chi connectivity index (χ1) is 12.1. The first-order valence-corrected chi connectivity index (χ1v) is 8.95. The number of aromatic nitrogens is 3. The van der Waals surface area contributed by atoms with Crippen LogP contribution in [0.2, 0.25) is 0 Å². The standard InChI is InChI=1S/C20H24N4O/c1-13-8-14(2)20-17(9-13)19(25)10-16(22-20)12-24-7-3-4-15(11-24)18-5-6-21-23-18/h5-6,8-10,15H,3-4,7,11-12H2,1-2H3,(H,21,23)(H,22,25)/t15-/m0/s1. The molecule has 1 aliphatic heterocycles. The van der Waals surface area contributed by atoms with Gasteiger partial charge < -0.3 is 4.98 Å². The number of aryl methyl sites for hydroxylation is 2. The van der Waals surface area contributed by atoms with E-state index in [2.05, 4.69) is 39.1 Å². The van der Waals surface area contributed by atoms with E-state index in [4.69, 9.17) is 0 Å². The minimum absolute atomic E-state index is 0.109. The molecule has 5 heteroatoms. The molecule has 1 fully saturated rings. The normalized spacial score (nSPS) is 18.7. The van der Waals surface area contributed by atoms with E-state index < -0.39 is 0 Å². The molecule has 3 heterocycles. The van der Waals surface area contributed by atoms with Crippen molar-refractivity contribution in [3.8, 4) is 0 Å². The number of nitrogens with one attached hydrogen (secondary N) is 2. The molecule has 0 amide bonds. The van der Waals surface area contributed by atoms with Crippen LogP contribution < -0.4 is 5.43 Å². The lowest BCUT2D eigenvalue weighted by Crippen LogP contribution is -2.34. The van der Waals surface area contributed by atoms with E-state index in [0.717, 1.165) is 47.4 Å². The summed E-state index contributed by atoms with van der Waals surface area (Å²) in [5, 5.41) is 7.97. The Morgan fingerprint density at radius 3 is 2.96 bits per heavy atom. The minimum Gasteiger partial charge on any atom is -0.357 e. The van der Waals surface area contributed by atoms with Crippen LogP contribution in [0.25, 0.3) is 10.9 Å². The van der Waals surface area contributed by atoms with Gasteiger partial charge in [-0.25, -0.2) is 0 Å². The smallest absolute Gasteiger partial charge is 0.189 e. The Bertz CT molecular complexity index is 942. The molecule has 1 saturated heterocycles. The zero-order valence-electron chi connectivity index (χ0n) is 14.8. The predicted molar refractivity (Wildman–Crippen MR) is 99.9 cm³/mol. The van der Waals surface area contributed by atoms with Gasteiger partial charge in [0.15, 0.2) is 5.43 Å². The average molecular weight is 336 g/mol. The molecule has 5 nitrogen and oxygen atoms in total. The number of piperidine rings is 1. The molecule has 0 spiro atoms. The highest BCUT2D eigenvalue weighted by Gasteiger charge is 2.22. The molecule has 130 valence electrons.